The Balaban J connectivity index is 2.05. The Labute approximate surface area is 113 Å². The molecule has 0 bridgehead atoms. The number of aliphatic hydroxyl groups is 1. The maximum atomic E-state index is 8.63. The highest BCUT2D eigenvalue weighted by atomic mass is 32.2. The van der Waals surface area contributed by atoms with Crippen molar-refractivity contribution in [2.45, 2.75) is 17.9 Å². The Bertz CT molecular complexity index is 290. The van der Waals surface area contributed by atoms with E-state index in [2.05, 4.69) is 35.8 Å². The van der Waals surface area contributed by atoms with Crippen molar-refractivity contribution in [2.75, 3.05) is 30.9 Å². The van der Waals surface area contributed by atoms with Crippen LogP contribution in [-0.4, -0.2) is 36.0 Å². The first-order valence-corrected chi connectivity index (χ1v) is 8.27. The molecule has 4 heteroatoms. The summed E-state index contributed by atoms with van der Waals surface area (Å²) in [6.45, 7) is 2.28. The van der Waals surface area contributed by atoms with Crippen LogP contribution >= 0.6 is 23.5 Å². The summed E-state index contributed by atoms with van der Waals surface area (Å²) in [4.78, 5) is 1.31. The van der Waals surface area contributed by atoms with Gasteiger partial charge in [-0.3, -0.25) is 0 Å². The number of thioether (sulfide) groups is 2. The first kappa shape index (κ1) is 14.9. The van der Waals surface area contributed by atoms with Crippen LogP contribution in [0.4, 0.5) is 0 Å². The summed E-state index contributed by atoms with van der Waals surface area (Å²) in [6.07, 6.45) is 3.00. The minimum absolute atomic E-state index is 0.308. The first-order chi connectivity index (χ1) is 8.36. The zero-order chi connectivity index (χ0) is 12.3. The van der Waals surface area contributed by atoms with Crippen LogP contribution in [0.3, 0.4) is 0 Å². The minimum atomic E-state index is 0.308. The standard InChI is InChI=1S/C13H21NOS2/c1-16-13-5-3-12(4-6-13)11-14-7-10-17-9-2-8-15/h3-6,14-15H,2,7-11H2,1H3. The molecule has 0 unspecified atom stereocenters. The van der Waals surface area contributed by atoms with Gasteiger partial charge in [-0.15, -0.1) is 11.8 Å². The van der Waals surface area contributed by atoms with Gasteiger partial charge in [-0.1, -0.05) is 12.1 Å². The van der Waals surface area contributed by atoms with Crippen molar-refractivity contribution in [2.24, 2.45) is 0 Å². The van der Waals surface area contributed by atoms with Crippen LogP contribution in [0.2, 0.25) is 0 Å². The molecule has 0 amide bonds. The molecule has 1 aromatic carbocycles. The van der Waals surface area contributed by atoms with Crippen molar-refractivity contribution < 1.29 is 5.11 Å². The molecule has 0 saturated carbocycles. The first-order valence-electron chi connectivity index (χ1n) is 5.89. The van der Waals surface area contributed by atoms with Crippen LogP contribution in [-0.2, 0) is 6.54 Å². The molecular weight excluding hydrogens is 250 g/mol. The lowest BCUT2D eigenvalue weighted by Crippen LogP contribution is -2.16. The van der Waals surface area contributed by atoms with Gasteiger partial charge in [-0.05, 0) is 36.1 Å². The lowest BCUT2D eigenvalue weighted by molar-refractivity contribution is 0.296. The average Bonchev–Trinajstić information content (AvgIpc) is 2.38. The second-order valence-corrected chi connectivity index (χ2v) is 5.82. The smallest absolute Gasteiger partial charge is 0.0438 e. The van der Waals surface area contributed by atoms with Gasteiger partial charge in [0.25, 0.3) is 0 Å². The third-order valence-electron chi connectivity index (χ3n) is 2.36. The molecule has 0 radical (unpaired) electrons. The summed E-state index contributed by atoms with van der Waals surface area (Å²) in [5.41, 5.74) is 1.34. The summed E-state index contributed by atoms with van der Waals surface area (Å²) in [5.74, 6) is 2.17. The predicted molar refractivity (Wildman–Crippen MR) is 79.0 cm³/mol. The lowest BCUT2D eigenvalue weighted by atomic mass is 10.2. The fourth-order valence-corrected chi connectivity index (χ4v) is 2.62. The van der Waals surface area contributed by atoms with Crippen LogP contribution in [0, 0.1) is 0 Å². The molecule has 0 aliphatic carbocycles. The molecule has 17 heavy (non-hydrogen) atoms. The van der Waals surface area contributed by atoms with Gasteiger partial charge < -0.3 is 10.4 Å². The van der Waals surface area contributed by atoms with Gasteiger partial charge in [-0.25, -0.2) is 0 Å². The SMILES string of the molecule is CSc1ccc(CNCCSCCCO)cc1. The van der Waals surface area contributed by atoms with E-state index in [4.69, 9.17) is 5.11 Å². The minimum Gasteiger partial charge on any atom is -0.396 e. The Morgan fingerprint density at radius 3 is 2.59 bits per heavy atom. The normalized spacial score (nSPS) is 10.7. The highest BCUT2D eigenvalue weighted by molar-refractivity contribution is 7.99. The fraction of sp³-hybridized carbons (Fsp3) is 0.538. The molecule has 0 saturated heterocycles. The molecule has 0 fully saturated rings. The van der Waals surface area contributed by atoms with E-state index < -0.39 is 0 Å². The van der Waals surface area contributed by atoms with E-state index in [0.29, 0.717) is 6.61 Å². The Morgan fingerprint density at radius 2 is 1.94 bits per heavy atom. The van der Waals surface area contributed by atoms with E-state index in [1.54, 1.807) is 11.8 Å². The molecule has 1 aromatic rings. The molecule has 0 aromatic heterocycles. The van der Waals surface area contributed by atoms with Gasteiger partial charge in [0.2, 0.25) is 0 Å². The summed E-state index contributed by atoms with van der Waals surface area (Å²) < 4.78 is 0. The van der Waals surface area contributed by atoms with Crippen LogP contribution in [0.1, 0.15) is 12.0 Å². The number of benzene rings is 1. The topological polar surface area (TPSA) is 32.3 Å². The zero-order valence-electron chi connectivity index (χ0n) is 10.3. The Kier molecular flexibility index (Phi) is 8.61. The third kappa shape index (κ3) is 6.99. The maximum absolute atomic E-state index is 8.63. The van der Waals surface area contributed by atoms with E-state index in [1.165, 1.54) is 10.5 Å². The Morgan fingerprint density at radius 1 is 1.18 bits per heavy atom. The molecule has 2 N–H and O–H groups in total. The summed E-state index contributed by atoms with van der Waals surface area (Å²) in [7, 11) is 0. The number of hydrogen-bond acceptors (Lipinski definition) is 4. The molecule has 96 valence electrons. The van der Waals surface area contributed by atoms with Gasteiger partial charge in [0, 0.05) is 30.3 Å². The summed E-state index contributed by atoms with van der Waals surface area (Å²) >= 11 is 3.67. The van der Waals surface area contributed by atoms with Crippen LogP contribution < -0.4 is 5.32 Å². The van der Waals surface area contributed by atoms with Gasteiger partial charge in [0.05, 0.1) is 0 Å². The predicted octanol–water partition coefficient (Wildman–Crippen LogP) is 2.61. The van der Waals surface area contributed by atoms with Gasteiger partial charge in [0.15, 0.2) is 0 Å². The van der Waals surface area contributed by atoms with E-state index in [1.807, 2.05) is 11.8 Å². The van der Waals surface area contributed by atoms with Crippen molar-refractivity contribution in [3.8, 4) is 0 Å². The molecule has 0 heterocycles. The van der Waals surface area contributed by atoms with Crippen LogP contribution in [0.15, 0.2) is 29.2 Å². The van der Waals surface area contributed by atoms with E-state index >= 15 is 0 Å². The van der Waals surface area contributed by atoms with Crippen molar-refractivity contribution in [1.82, 2.24) is 5.32 Å². The lowest BCUT2D eigenvalue weighted by Gasteiger charge is -2.05. The number of nitrogens with one attached hydrogen (secondary N) is 1. The van der Waals surface area contributed by atoms with E-state index in [9.17, 15) is 0 Å². The molecule has 0 spiro atoms. The van der Waals surface area contributed by atoms with Gasteiger partial charge in [-0.2, -0.15) is 11.8 Å². The highest BCUT2D eigenvalue weighted by Gasteiger charge is 1.94. The molecule has 0 atom stereocenters. The van der Waals surface area contributed by atoms with Crippen molar-refractivity contribution in [1.29, 1.82) is 0 Å². The molecule has 2 nitrogen and oxygen atoms in total. The van der Waals surface area contributed by atoms with E-state index in [0.717, 1.165) is 31.0 Å². The Hall–Kier alpha value is -0.160. The summed E-state index contributed by atoms with van der Waals surface area (Å²) in [6, 6.07) is 8.69. The highest BCUT2D eigenvalue weighted by Crippen LogP contribution is 2.14. The fourth-order valence-electron chi connectivity index (χ4n) is 1.39. The van der Waals surface area contributed by atoms with Crippen LogP contribution in [0.25, 0.3) is 0 Å². The molecular formula is C13H21NOS2. The molecule has 0 aliphatic heterocycles. The second kappa shape index (κ2) is 9.83. The maximum Gasteiger partial charge on any atom is 0.0438 e. The average molecular weight is 271 g/mol. The zero-order valence-corrected chi connectivity index (χ0v) is 11.9. The van der Waals surface area contributed by atoms with Crippen molar-refractivity contribution in [3.05, 3.63) is 29.8 Å². The van der Waals surface area contributed by atoms with Crippen molar-refractivity contribution in [3.63, 3.8) is 0 Å². The van der Waals surface area contributed by atoms with Gasteiger partial charge in [0.1, 0.15) is 0 Å². The van der Waals surface area contributed by atoms with E-state index in [-0.39, 0.29) is 0 Å². The van der Waals surface area contributed by atoms with Gasteiger partial charge >= 0.3 is 0 Å². The quantitative estimate of drug-likeness (QED) is 0.534. The number of hydrogen-bond donors (Lipinski definition) is 2. The third-order valence-corrected chi connectivity index (χ3v) is 4.17. The summed E-state index contributed by atoms with van der Waals surface area (Å²) in [5, 5.41) is 12.1. The molecule has 1 rings (SSSR count). The van der Waals surface area contributed by atoms with Crippen molar-refractivity contribution >= 4 is 23.5 Å². The largest absolute Gasteiger partial charge is 0.396 e. The second-order valence-electron chi connectivity index (χ2n) is 3.71. The molecule has 0 aliphatic rings. The number of rotatable bonds is 9. The van der Waals surface area contributed by atoms with Crippen LogP contribution in [0.5, 0.6) is 0 Å². The monoisotopic (exact) mass is 271 g/mol. The number of aliphatic hydroxyl groups excluding tert-OH is 1.